The number of benzene rings is 4. The van der Waals surface area contributed by atoms with Gasteiger partial charge in [-0.05, 0) is 54.1 Å². The number of rotatable bonds is 5. The van der Waals surface area contributed by atoms with E-state index < -0.39 is 17.7 Å². The van der Waals surface area contributed by atoms with Gasteiger partial charge in [-0.15, -0.1) is 0 Å². The number of hydrogen-bond donors (Lipinski definition) is 2. The summed E-state index contributed by atoms with van der Waals surface area (Å²) >= 11 is 0. The molecule has 7 heteroatoms. The molecule has 5 rings (SSSR count). The summed E-state index contributed by atoms with van der Waals surface area (Å²) < 4.78 is 19.5. The zero-order valence-corrected chi connectivity index (χ0v) is 19.2. The first-order valence-electron chi connectivity index (χ1n) is 11.5. The number of hydrogen-bond acceptors (Lipinski definition) is 4. The lowest BCUT2D eigenvalue weighted by atomic mass is 10.1. The van der Waals surface area contributed by atoms with E-state index in [1.165, 1.54) is 30.3 Å². The largest absolute Gasteiger partial charge is 0.484 e. The fourth-order valence-corrected chi connectivity index (χ4v) is 4.30. The molecule has 0 spiro atoms. The van der Waals surface area contributed by atoms with Gasteiger partial charge in [-0.3, -0.25) is 4.79 Å². The van der Waals surface area contributed by atoms with E-state index in [0.29, 0.717) is 24.5 Å². The number of amides is 1. The highest BCUT2D eigenvalue weighted by Gasteiger charge is 2.27. The van der Waals surface area contributed by atoms with Crippen molar-refractivity contribution in [2.24, 2.45) is 0 Å². The van der Waals surface area contributed by atoms with Crippen LogP contribution < -0.4 is 15.0 Å². The molecule has 180 valence electrons. The second-order valence-corrected chi connectivity index (χ2v) is 8.50. The number of para-hydroxylation sites is 1. The number of carboxylic acid groups (broad SMARTS) is 1. The van der Waals surface area contributed by atoms with Crippen LogP contribution in [0.15, 0.2) is 97.1 Å². The lowest BCUT2D eigenvalue weighted by molar-refractivity contribution is 0.0697. The average molecular weight is 483 g/mol. The van der Waals surface area contributed by atoms with Gasteiger partial charge in [0.15, 0.2) is 0 Å². The van der Waals surface area contributed by atoms with E-state index in [1.807, 2.05) is 59.5 Å². The van der Waals surface area contributed by atoms with Crippen molar-refractivity contribution < 1.29 is 23.8 Å². The zero-order chi connectivity index (χ0) is 25.1. The van der Waals surface area contributed by atoms with Gasteiger partial charge >= 0.3 is 5.97 Å². The van der Waals surface area contributed by atoms with Crippen molar-refractivity contribution in [3.63, 3.8) is 0 Å². The van der Waals surface area contributed by atoms with Crippen LogP contribution >= 0.6 is 0 Å². The van der Waals surface area contributed by atoms with Gasteiger partial charge in [0.05, 0.1) is 17.8 Å². The average Bonchev–Trinajstić information content (AvgIpc) is 3.09. The van der Waals surface area contributed by atoms with Crippen molar-refractivity contribution in [2.45, 2.75) is 12.6 Å². The second kappa shape index (κ2) is 9.92. The molecule has 0 bridgehead atoms. The minimum atomic E-state index is -1.11. The summed E-state index contributed by atoms with van der Waals surface area (Å²) in [7, 11) is 0. The molecule has 4 aromatic carbocycles. The number of ether oxygens (including phenoxy) is 1. The molecule has 1 aliphatic heterocycles. The van der Waals surface area contributed by atoms with Gasteiger partial charge in [0.2, 0.25) is 0 Å². The van der Waals surface area contributed by atoms with Gasteiger partial charge in [0.25, 0.3) is 5.91 Å². The van der Waals surface area contributed by atoms with Crippen molar-refractivity contribution >= 4 is 23.3 Å². The Balaban J connectivity index is 1.48. The van der Waals surface area contributed by atoms with E-state index in [2.05, 4.69) is 5.32 Å². The molecule has 0 aliphatic carbocycles. The number of aromatic carboxylic acids is 1. The maximum atomic E-state index is 13.2. The monoisotopic (exact) mass is 482 g/mol. The Labute approximate surface area is 207 Å². The van der Waals surface area contributed by atoms with Crippen LogP contribution in [0.4, 0.5) is 15.8 Å². The van der Waals surface area contributed by atoms with Crippen LogP contribution in [0.1, 0.15) is 37.9 Å². The van der Waals surface area contributed by atoms with Crippen LogP contribution in [0.5, 0.6) is 5.75 Å². The van der Waals surface area contributed by atoms with E-state index in [0.717, 1.165) is 16.9 Å². The van der Waals surface area contributed by atoms with Crippen molar-refractivity contribution in [1.82, 2.24) is 0 Å². The van der Waals surface area contributed by atoms with Crippen molar-refractivity contribution in [2.75, 3.05) is 16.8 Å². The Morgan fingerprint density at radius 3 is 2.39 bits per heavy atom. The molecule has 6 nitrogen and oxygen atoms in total. The normalized spacial score (nSPS) is 14.8. The van der Waals surface area contributed by atoms with Crippen molar-refractivity contribution in [1.29, 1.82) is 0 Å². The molecule has 0 aromatic heterocycles. The van der Waals surface area contributed by atoms with E-state index in [4.69, 9.17) is 4.74 Å². The van der Waals surface area contributed by atoms with Crippen molar-refractivity contribution in [3.8, 4) is 5.75 Å². The number of carbonyl (C=O) groups is 2. The van der Waals surface area contributed by atoms with Gasteiger partial charge in [-0.1, -0.05) is 48.5 Å². The van der Waals surface area contributed by atoms with Gasteiger partial charge < -0.3 is 20.1 Å². The third-order valence-electron chi connectivity index (χ3n) is 6.09. The smallest absolute Gasteiger partial charge is 0.337 e. The molecule has 36 heavy (non-hydrogen) atoms. The van der Waals surface area contributed by atoms with Gasteiger partial charge in [0.1, 0.15) is 17.7 Å². The van der Waals surface area contributed by atoms with Crippen LogP contribution in [0.25, 0.3) is 0 Å². The lowest BCUT2D eigenvalue weighted by Crippen LogP contribution is -2.29. The minimum Gasteiger partial charge on any atom is -0.484 e. The molecule has 0 radical (unpaired) electrons. The molecule has 0 saturated carbocycles. The minimum absolute atomic E-state index is 0.0538. The Morgan fingerprint density at radius 2 is 1.64 bits per heavy atom. The van der Waals surface area contributed by atoms with E-state index in [-0.39, 0.29) is 17.2 Å². The van der Waals surface area contributed by atoms with Gasteiger partial charge in [-0.25, -0.2) is 9.18 Å². The zero-order valence-electron chi connectivity index (χ0n) is 19.2. The van der Waals surface area contributed by atoms with Gasteiger partial charge in [0, 0.05) is 23.4 Å². The fourth-order valence-electron chi connectivity index (χ4n) is 4.30. The van der Waals surface area contributed by atoms with Crippen LogP contribution in [-0.2, 0) is 6.54 Å². The quantitative estimate of drug-likeness (QED) is 0.369. The number of fused-ring (bicyclic) bond motifs is 1. The lowest BCUT2D eigenvalue weighted by Gasteiger charge is -2.27. The van der Waals surface area contributed by atoms with E-state index >= 15 is 0 Å². The van der Waals surface area contributed by atoms with Gasteiger partial charge in [-0.2, -0.15) is 0 Å². The molecule has 1 amide bonds. The number of nitrogens with one attached hydrogen (secondary N) is 1. The Hall–Kier alpha value is -4.65. The number of halogens is 1. The number of carbonyl (C=O) groups excluding carboxylic acids is 1. The summed E-state index contributed by atoms with van der Waals surface area (Å²) in [5.74, 6) is -1.26. The summed E-state index contributed by atoms with van der Waals surface area (Å²) in [6.07, 6.45) is -0.311. The van der Waals surface area contributed by atoms with Crippen LogP contribution in [0.3, 0.4) is 0 Å². The first-order valence-corrected chi connectivity index (χ1v) is 11.5. The maximum Gasteiger partial charge on any atom is 0.337 e. The molecule has 2 N–H and O–H groups in total. The topological polar surface area (TPSA) is 78.9 Å². The molecule has 0 fully saturated rings. The standard InChI is InChI=1S/C29H23FN2O4/c30-22-12-10-20(11-13-22)28(33)31-23-14-15-25(24(16-23)29(34)35)32-17-21-8-4-5-9-26(21)36-27(18-32)19-6-2-1-3-7-19/h1-16,27H,17-18H2,(H,31,33)(H,34,35). The molecule has 4 aromatic rings. The summed E-state index contributed by atoms with van der Waals surface area (Å²) in [5.41, 5.74) is 3.10. The highest BCUT2D eigenvalue weighted by Crippen LogP contribution is 2.35. The molecule has 1 heterocycles. The third-order valence-corrected chi connectivity index (χ3v) is 6.09. The molecule has 1 aliphatic rings. The molecular weight excluding hydrogens is 459 g/mol. The van der Waals surface area contributed by atoms with Crippen LogP contribution in [-0.4, -0.2) is 23.5 Å². The predicted molar refractivity (Wildman–Crippen MR) is 135 cm³/mol. The first-order chi connectivity index (χ1) is 17.5. The number of anilines is 2. The number of nitrogens with zero attached hydrogens (tertiary/aromatic N) is 1. The molecule has 1 atom stereocenters. The maximum absolute atomic E-state index is 13.2. The Bertz CT molecular complexity index is 1410. The highest BCUT2D eigenvalue weighted by molar-refractivity contribution is 6.05. The molecular formula is C29H23FN2O4. The Morgan fingerprint density at radius 1 is 0.917 bits per heavy atom. The SMILES string of the molecule is O=C(Nc1ccc(N2Cc3ccccc3OC(c3ccccc3)C2)c(C(=O)O)c1)c1ccc(F)cc1. The fraction of sp³-hybridized carbons (Fsp3) is 0.103. The summed E-state index contributed by atoms with van der Waals surface area (Å²) in [5, 5.41) is 12.7. The summed E-state index contributed by atoms with van der Waals surface area (Å²) in [4.78, 5) is 26.8. The van der Waals surface area contributed by atoms with Crippen LogP contribution in [0, 0.1) is 5.82 Å². The predicted octanol–water partition coefficient (Wildman–Crippen LogP) is 5.92. The third kappa shape index (κ3) is 4.90. The molecule has 0 saturated heterocycles. The second-order valence-electron chi connectivity index (χ2n) is 8.50. The van der Waals surface area contributed by atoms with E-state index in [9.17, 15) is 19.1 Å². The summed E-state index contributed by atoms with van der Waals surface area (Å²) in [6.45, 7) is 0.890. The highest BCUT2D eigenvalue weighted by atomic mass is 19.1. The summed E-state index contributed by atoms with van der Waals surface area (Å²) in [6, 6.07) is 27.5. The van der Waals surface area contributed by atoms with Crippen LogP contribution in [0.2, 0.25) is 0 Å². The Kier molecular flexibility index (Phi) is 6.36. The number of carboxylic acids is 1. The molecule has 1 unspecified atom stereocenters. The van der Waals surface area contributed by atoms with Crippen molar-refractivity contribution in [3.05, 3.63) is 125 Å². The first kappa shape index (κ1) is 23.1. The van der Waals surface area contributed by atoms with E-state index in [1.54, 1.807) is 12.1 Å².